The summed E-state index contributed by atoms with van der Waals surface area (Å²) in [5.74, 6) is -0.190. The van der Waals surface area contributed by atoms with E-state index in [2.05, 4.69) is 6.07 Å². The van der Waals surface area contributed by atoms with E-state index in [9.17, 15) is 9.83 Å². The van der Waals surface area contributed by atoms with E-state index in [-0.39, 0.29) is 24.0 Å². The molecule has 0 spiro atoms. The lowest BCUT2D eigenvalue weighted by Gasteiger charge is -2.27. The van der Waals surface area contributed by atoms with E-state index in [0.717, 1.165) is 5.56 Å². The highest BCUT2D eigenvalue weighted by molar-refractivity contribution is 7.56. The molecular formula is C17H24NO3P. The second-order valence-corrected chi connectivity index (χ2v) is 8.58. The standard InChI is InChI=1S/C17H24NO3P/c1-12(2)20-22(19,21-13(3)4)17(11-18)14(5)16(17)15-9-7-6-8-10-15/h6-10,12-14,16H,1-5H3/t14-,16+,17-/m0/s1. The summed E-state index contributed by atoms with van der Waals surface area (Å²) in [6.45, 7) is 9.19. The van der Waals surface area contributed by atoms with E-state index >= 15 is 0 Å². The van der Waals surface area contributed by atoms with Gasteiger partial charge in [0.1, 0.15) is 0 Å². The highest BCUT2D eigenvalue weighted by atomic mass is 31.2. The molecule has 0 N–H and O–H groups in total. The van der Waals surface area contributed by atoms with Gasteiger partial charge in [-0.1, -0.05) is 37.3 Å². The van der Waals surface area contributed by atoms with Crippen molar-refractivity contribution >= 4 is 7.60 Å². The minimum Gasteiger partial charge on any atom is -0.305 e. The normalized spacial score (nSPS) is 27.9. The molecule has 1 fully saturated rings. The summed E-state index contributed by atoms with van der Waals surface area (Å²) in [5, 5.41) is 8.74. The second-order valence-electron chi connectivity index (χ2n) is 6.42. The molecule has 1 aromatic carbocycles. The van der Waals surface area contributed by atoms with E-state index in [0.29, 0.717) is 0 Å². The van der Waals surface area contributed by atoms with Gasteiger partial charge < -0.3 is 9.05 Å². The molecule has 0 unspecified atom stereocenters. The molecule has 2 rings (SSSR count). The van der Waals surface area contributed by atoms with Crippen molar-refractivity contribution in [3.8, 4) is 6.07 Å². The van der Waals surface area contributed by atoms with E-state index in [1.807, 2.05) is 65.0 Å². The van der Waals surface area contributed by atoms with E-state index in [1.54, 1.807) is 0 Å². The van der Waals surface area contributed by atoms with Crippen LogP contribution in [0, 0.1) is 17.2 Å². The molecule has 0 amide bonds. The lowest BCUT2D eigenvalue weighted by molar-refractivity contribution is 0.137. The van der Waals surface area contributed by atoms with Crippen LogP contribution in [0.4, 0.5) is 0 Å². The molecule has 0 saturated heterocycles. The Labute approximate surface area is 133 Å². The van der Waals surface area contributed by atoms with Crippen LogP contribution in [0.3, 0.4) is 0 Å². The van der Waals surface area contributed by atoms with Crippen molar-refractivity contribution in [1.29, 1.82) is 5.26 Å². The van der Waals surface area contributed by atoms with Gasteiger partial charge in [0.05, 0.1) is 18.3 Å². The quantitative estimate of drug-likeness (QED) is 0.711. The van der Waals surface area contributed by atoms with Crippen molar-refractivity contribution in [3.05, 3.63) is 35.9 Å². The first kappa shape index (κ1) is 17.2. The Bertz CT molecular complexity index is 594. The van der Waals surface area contributed by atoms with E-state index in [1.165, 1.54) is 0 Å². The third kappa shape index (κ3) is 2.74. The third-order valence-corrected chi connectivity index (χ3v) is 7.14. The minimum absolute atomic E-state index is 0.0665. The monoisotopic (exact) mass is 321 g/mol. The summed E-state index contributed by atoms with van der Waals surface area (Å²) in [6, 6.07) is 12.0. The molecule has 0 bridgehead atoms. The maximum atomic E-state index is 13.5. The summed E-state index contributed by atoms with van der Waals surface area (Å²) in [7, 11) is -3.56. The number of nitriles is 1. The molecule has 3 atom stereocenters. The van der Waals surface area contributed by atoms with Gasteiger partial charge in [0.2, 0.25) is 0 Å². The van der Waals surface area contributed by atoms with Crippen LogP contribution in [0.25, 0.3) is 0 Å². The molecule has 0 aliphatic heterocycles. The SMILES string of the molecule is CC(C)OP(=O)(OC(C)C)[C@@]1(C#N)[C@@H](C)[C@@H]1c1ccccc1. The van der Waals surface area contributed by atoms with Crippen LogP contribution >= 0.6 is 7.60 Å². The molecule has 5 heteroatoms. The zero-order valence-corrected chi connectivity index (χ0v) is 14.7. The summed E-state index contributed by atoms with van der Waals surface area (Å²) < 4.78 is 24.9. The van der Waals surface area contributed by atoms with Gasteiger partial charge in [0, 0.05) is 5.92 Å². The van der Waals surface area contributed by atoms with Gasteiger partial charge in [0.25, 0.3) is 0 Å². The Hall–Kier alpha value is -1.14. The zero-order valence-electron chi connectivity index (χ0n) is 13.8. The lowest BCUT2D eigenvalue weighted by atomic mass is 10.1. The highest BCUT2D eigenvalue weighted by Crippen LogP contribution is 2.80. The zero-order chi connectivity index (χ0) is 16.5. The Kier molecular flexibility index (Phi) is 4.82. The summed E-state index contributed by atoms with van der Waals surface area (Å²) in [6.07, 6.45) is -0.530. The fraction of sp³-hybridized carbons (Fsp3) is 0.588. The van der Waals surface area contributed by atoms with Crippen LogP contribution in [-0.2, 0) is 13.6 Å². The van der Waals surface area contributed by atoms with Gasteiger partial charge in [-0.05, 0) is 39.2 Å². The second kappa shape index (κ2) is 6.16. The number of rotatable bonds is 6. The maximum Gasteiger partial charge on any atom is 0.352 e. The Morgan fingerprint density at radius 1 is 1.14 bits per heavy atom. The molecule has 4 nitrogen and oxygen atoms in total. The first-order valence-corrected chi connectivity index (χ1v) is 9.26. The van der Waals surface area contributed by atoms with Gasteiger partial charge in [-0.2, -0.15) is 5.26 Å². The molecule has 22 heavy (non-hydrogen) atoms. The Morgan fingerprint density at radius 3 is 2.05 bits per heavy atom. The highest BCUT2D eigenvalue weighted by Gasteiger charge is 2.75. The smallest absolute Gasteiger partial charge is 0.305 e. The van der Waals surface area contributed by atoms with Crippen LogP contribution in [0.15, 0.2) is 30.3 Å². The number of nitrogens with zero attached hydrogens (tertiary/aromatic N) is 1. The van der Waals surface area contributed by atoms with Crippen LogP contribution in [0.5, 0.6) is 0 Å². The van der Waals surface area contributed by atoms with Gasteiger partial charge in [0.15, 0.2) is 5.16 Å². The lowest BCUT2D eigenvalue weighted by Crippen LogP contribution is -2.21. The minimum atomic E-state index is -3.56. The molecular weight excluding hydrogens is 297 g/mol. The molecule has 1 aliphatic carbocycles. The van der Waals surface area contributed by atoms with Crippen molar-refractivity contribution in [3.63, 3.8) is 0 Å². The molecule has 0 aromatic heterocycles. The van der Waals surface area contributed by atoms with Crippen molar-refractivity contribution in [2.75, 3.05) is 0 Å². The fourth-order valence-electron chi connectivity index (χ4n) is 3.15. The number of hydrogen-bond donors (Lipinski definition) is 0. The molecule has 0 heterocycles. The van der Waals surface area contributed by atoms with Gasteiger partial charge in [-0.15, -0.1) is 0 Å². The predicted octanol–water partition coefficient (Wildman–Crippen LogP) is 4.73. The van der Waals surface area contributed by atoms with Gasteiger partial charge in [-0.3, -0.25) is 4.57 Å². The van der Waals surface area contributed by atoms with Crippen LogP contribution in [-0.4, -0.2) is 17.4 Å². The summed E-state index contributed by atoms with van der Waals surface area (Å²) in [5.41, 5.74) is 1.01. The van der Waals surface area contributed by atoms with Crippen molar-refractivity contribution in [2.24, 2.45) is 5.92 Å². The van der Waals surface area contributed by atoms with Crippen LogP contribution in [0.1, 0.15) is 46.1 Å². The van der Waals surface area contributed by atoms with Gasteiger partial charge in [-0.25, -0.2) is 0 Å². The average molecular weight is 321 g/mol. The van der Waals surface area contributed by atoms with Crippen molar-refractivity contribution in [1.82, 2.24) is 0 Å². The summed E-state index contributed by atoms with van der Waals surface area (Å²) >= 11 is 0. The summed E-state index contributed by atoms with van der Waals surface area (Å²) in [4.78, 5) is 0. The first-order chi connectivity index (χ1) is 10.3. The largest absolute Gasteiger partial charge is 0.352 e. The molecule has 0 radical (unpaired) electrons. The number of hydrogen-bond acceptors (Lipinski definition) is 4. The third-order valence-electron chi connectivity index (χ3n) is 4.05. The molecule has 1 saturated carbocycles. The topological polar surface area (TPSA) is 59.3 Å². The average Bonchev–Trinajstić information content (AvgIpc) is 3.04. The van der Waals surface area contributed by atoms with E-state index in [4.69, 9.17) is 9.05 Å². The Balaban J connectivity index is 2.44. The predicted molar refractivity (Wildman–Crippen MR) is 86.7 cm³/mol. The fourth-order valence-corrected chi connectivity index (χ4v) is 6.07. The van der Waals surface area contributed by atoms with Crippen LogP contribution in [0.2, 0.25) is 0 Å². The molecule has 120 valence electrons. The maximum absolute atomic E-state index is 13.5. The first-order valence-electron chi connectivity index (χ1n) is 7.71. The van der Waals surface area contributed by atoms with Gasteiger partial charge >= 0.3 is 7.60 Å². The van der Waals surface area contributed by atoms with Crippen molar-refractivity contribution < 1.29 is 13.6 Å². The Morgan fingerprint density at radius 2 is 1.64 bits per heavy atom. The molecule has 1 aromatic rings. The molecule has 1 aliphatic rings. The van der Waals surface area contributed by atoms with E-state index < -0.39 is 12.8 Å². The van der Waals surface area contributed by atoms with Crippen LogP contribution < -0.4 is 0 Å². The van der Waals surface area contributed by atoms with Crippen molar-refractivity contribution in [2.45, 2.75) is 57.9 Å². The number of benzene rings is 1.